The molecule has 216 valence electrons. The molecule has 0 radical (unpaired) electrons. The number of allylic oxidation sites excluding steroid dienone is 3. The lowest BCUT2D eigenvalue weighted by Gasteiger charge is -2.58. The number of carbonyl (C=O) groups excluding carboxylic acids is 2. The number of hydrogen-bond donors (Lipinski definition) is 1. The van der Waals surface area contributed by atoms with Crippen molar-refractivity contribution < 1.29 is 14.7 Å². The summed E-state index contributed by atoms with van der Waals surface area (Å²) >= 11 is 0. The number of ketones is 1. The van der Waals surface area contributed by atoms with Crippen LogP contribution in [0.3, 0.4) is 0 Å². The molecule has 8 nitrogen and oxygen atoms in total. The first-order valence-corrected chi connectivity index (χ1v) is 15.2. The summed E-state index contributed by atoms with van der Waals surface area (Å²) in [5, 5.41) is 16.9. The highest BCUT2D eigenvalue weighted by Crippen LogP contribution is 2.61. The highest BCUT2D eigenvalue weighted by atomic mass is 16.3. The van der Waals surface area contributed by atoms with Crippen LogP contribution >= 0.6 is 0 Å². The minimum atomic E-state index is -0.785. The van der Waals surface area contributed by atoms with Crippen LogP contribution in [0.5, 0.6) is 0 Å². The van der Waals surface area contributed by atoms with Crippen LogP contribution in [0.4, 0.5) is 0 Å². The number of carbonyl (C=O) groups is 2. The number of fused-ring (bicyclic) bond motifs is 4. The molecule has 1 unspecified atom stereocenters. The molecule has 3 fully saturated rings. The van der Waals surface area contributed by atoms with Crippen LogP contribution in [0.15, 0.2) is 103 Å². The van der Waals surface area contributed by atoms with Crippen LogP contribution in [0, 0.1) is 11.8 Å². The monoisotopic (exact) mass is 579 g/mol. The van der Waals surface area contributed by atoms with Crippen LogP contribution in [0.2, 0.25) is 0 Å². The zero-order valence-corrected chi connectivity index (χ0v) is 23.9. The second-order valence-electron chi connectivity index (χ2n) is 12.7. The number of amides is 1. The molecule has 0 spiro atoms. The van der Waals surface area contributed by atoms with E-state index >= 15 is 0 Å². The Bertz CT molecular complexity index is 2070. The van der Waals surface area contributed by atoms with Crippen LogP contribution in [-0.4, -0.2) is 53.4 Å². The van der Waals surface area contributed by atoms with Gasteiger partial charge in [-0.05, 0) is 47.6 Å². The standard InChI is InChI=1S/C36H29N5O3/c42-29-8-4-7-24-19-40(34(43)31(24)29)35(20-36(44,21-35)27-13-14-27)26-11-9-23(10-12-26)32-28(22-5-2-1-3-6-22)17-25-18-37-30-15-16-38-41(30)33(25)39-32/h1-12,15-18,27,31,44H,13-14,19-21H2. The van der Waals surface area contributed by atoms with E-state index in [0.29, 0.717) is 19.4 Å². The van der Waals surface area contributed by atoms with Gasteiger partial charge in [-0.15, -0.1) is 0 Å². The van der Waals surface area contributed by atoms with E-state index in [0.717, 1.165) is 63.0 Å². The Balaban J connectivity index is 1.16. The molecule has 5 aromatic rings. The molecule has 2 saturated carbocycles. The quantitative estimate of drug-likeness (QED) is 0.285. The molecule has 9 rings (SSSR count). The van der Waals surface area contributed by atoms with E-state index in [-0.39, 0.29) is 17.6 Å². The lowest BCUT2D eigenvalue weighted by Crippen LogP contribution is -2.64. The molecule has 1 saturated heterocycles. The van der Waals surface area contributed by atoms with Crippen molar-refractivity contribution >= 4 is 28.4 Å². The van der Waals surface area contributed by atoms with Gasteiger partial charge in [0.25, 0.3) is 0 Å². The molecular formula is C36H29N5O3. The number of likely N-dealkylation sites (tertiary alicyclic amines) is 1. The van der Waals surface area contributed by atoms with Gasteiger partial charge in [-0.25, -0.2) is 9.97 Å². The number of aliphatic hydroxyl groups is 1. The van der Waals surface area contributed by atoms with Crippen LogP contribution in [0.25, 0.3) is 39.1 Å². The van der Waals surface area contributed by atoms with E-state index < -0.39 is 17.1 Å². The molecule has 1 atom stereocenters. The van der Waals surface area contributed by atoms with E-state index in [1.165, 1.54) is 6.08 Å². The largest absolute Gasteiger partial charge is 0.389 e. The van der Waals surface area contributed by atoms with Crippen molar-refractivity contribution in [3.05, 3.63) is 108 Å². The van der Waals surface area contributed by atoms with Crippen molar-refractivity contribution in [2.24, 2.45) is 11.8 Å². The molecule has 4 heterocycles. The zero-order valence-electron chi connectivity index (χ0n) is 23.9. The Morgan fingerprint density at radius 2 is 1.73 bits per heavy atom. The minimum Gasteiger partial charge on any atom is -0.389 e. The van der Waals surface area contributed by atoms with Crippen molar-refractivity contribution in [3.63, 3.8) is 0 Å². The third kappa shape index (κ3) is 3.64. The summed E-state index contributed by atoms with van der Waals surface area (Å²) in [7, 11) is 0. The Kier molecular flexibility index (Phi) is 5.24. The summed E-state index contributed by atoms with van der Waals surface area (Å²) in [6.07, 6.45) is 11.7. The fraction of sp³-hybridized carbons (Fsp3) is 0.250. The fourth-order valence-corrected chi connectivity index (χ4v) is 7.74. The molecule has 0 bridgehead atoms. The Labute approximate surface area is 253 Å². The summed E-state index contributed by atoms with van der Waals surface area (Å²) < 4.78 is 1.76. The average Bonchev–Trinajstić information content (AvgIpc) is 3.69. The van der Waals surface area contributed by atoms with Crippen molar-refractivity contribution in [2.45, 2.75) is 36.8 Å². The zero-order chi connectivity index (χ0) is 29.6. The predicted molar refractivity (Wildman–Crippen MR) is 165 cm³/mol. The summed E-state index contributed by atoms with van der Waals surface area (Å²) in [6.45, 7) is 0.403. The second kappa shape index (κ2) is 9.03. The lowest BCUT2D eigenvalue weighted by molar-refractivity contribution is -0.174. The SMILES string of the molecule is O=C1C=CC=C2CN(C3(c4ccc(-c5nc6c(cnc7ccnn76)cc5-c5ccccc5)cc4)CC(O)(C4CC4)C3)C(=O)C12. The molecule has 1 N–H and O–H groups in total. The van der Waals surface area contributed by atoms with E-state index in [2.05, 4.69) is 52.5 Å². The Hall–Kier alpha value is -4.95. The highest BCUT2D eigenvalue weighted by molar-refractivity contribution is 6.12. The maximum Gasteiger partial charge on any atom is 0.238 e. The molecule has 1 amide bonds. The maximum atomic E-state index is 13.8. The topological polar surface area (TPSA) is 101 Å². The van der Waals surface area contributed by atoms with Gasteiger partial charge in [-0.1, -0.05) is 66.7 Å². The van der Waals surface area contributed by atoms with Gasteiger partial charge in [0.2, 0.25) is 5.91 Å². The van der Waals surface area contributed by atoms with Crippen molar-refractivity contribution in [3.8, 4) is 22.4 Å². The molecule has 3 aromatic heterocycles. The summed E-state index contributed by atoms with van der Waals surface area (Å²) in [5.41, 5.74) is 5.59. The van der Waals surface area contributed by atoms with Gasteiger partial charge in [0.15, 0.2) is 17.1 Å². The van der Waals surface area contributed by atoms with Gasteiger partial charge in [0.05, 0.1) is 23.0 Å². The maximum absolute atomic E-state index is 13.8. The van der Waals surface area contributed by atoms with Gasteiger partial charge < -0.3 is 10.0 Å². The van der Waals surface area contributed by atoms with Crippen LogP contribution < -0.4 is 0 Å². The van der Waals surface area contributed by atoms with E-state index in [9.17, 15) is 14.7 Å². The molecule has 2 aromatic carbocycles. The number of nitrogens with zero attached hydrogens (tertiary/aromatic N) is 5. The van der Waals surface area contributed by atoms with Gasteiger partial charge in [0, 0.05) is 48.2 Å². The molecular weight excluding hydrogens is 550 g/mol. The van der Waals surface area contributed by atoms with Crippen LogP contribution in [-0.2, 0) is 15.1 Å². The second-order valence-corrected chi connectivity index (χ2v) is 12.7. The third-order valence-electron chi connectivity index (χ3n) is 10.1. The Morgan fingerprint density at radius 3 is 2.48 bits per heavy atom. The first kappa shape index (κ1) is 25.5. The first-order chi connectivity index (χ1) is 21.4. The van der Waals surface area contributed by atoms with Gasteiger partial charge >= 0.3 is 0 Å². The van der Waals surface area contributed by atoms with Crippen molar-refractivity contribution in [1.82, 2.24) is 24.5 Å². The molecule has 44 heavy (non-hydrogen) atoms. The molecule has 3 aliphatic carbocycles. The normalized spacial score (nSPS) is 26.2. The number of rotatable bonds is 5. The predicted octanol–water partition coefficient (Wildman–Crippen LogP) is 5.27. The van der Waals surface area contributed by atoms with Gasteiger partial charge in [0.1, 0.15) is 5.92 Å². The van der Waals surface area contributed by atoms with E-state index in [4.69, 9.17) is 4.98 Å². The smallest absolute Gasteiger partial charge is 0.238 e. The van der Waals surface area contributed by atoms with Crippen molar-refractivity contribution in [2.75, 3.05) is 6.54 Å². The number of aromatic nitrogens is 4. The molecule has 8 heteroatoms. The highest BCUT2D eigenvalue weighted by Gasteiger charge is 2.65. The van der Waals surface area contributed by atoms with Crippen LogP contribution in [0.1, 0.15) is 31.2 Å². The van der Waals surface area contributed by atoms with Gasteiger partial charge in [-0.2, -0.15) is 9.61 Å². The summed E-state index contributed by atoms with van der Waals surface area (Å²) in [5.74, 6) is -0.780. The van der Waals surface area contributed by atoms with E-state index in [1.54, 1.807) is 16.8 Å². The summed E-state index contributed by atoms with van der Waals surface area (Å²) in [4.78, 5) is 38.1. The number of benzene rings is 2. The minimum absolute atomic E-state index is 0.158. The van der Waals surface area contributed by atoms with Gasteiger partial charge in [-0.3, -0.25) is 9.59 Å². The molecule has 4 aliphatic rings. The Morgan fingerprint density at radius 1 is 0.932 bits per heavy atom. The first-order valence-electron chi connectivity index (χ1n) is 15.2. The number of hydrogen-bond acceptors (Lipinski definition) is 6. The average molecular weight is 580 g/mol. The van der Waals surface area contributed by atoms with Crippen molar-refractivity contribution in [1.29, 1.82) is 0 Å². The third-order valence-corrected chi connectivity index (χ3v) is 10.1. The fourth-order valence-electron chi connectivity index (χ4n) is 7.74. The van der Waals surface area contributed by atoms with E-state index in [1.807, 2.05) is 41.4 Å². The molecule has 1 aliphatic heterocycles. The number of pyridine rings is 1. The summed E-state index contributed by atoms with van der Waals surface area (Å²) in [6, 6.07) is 22.4. The lowest BCUT2D eigenvalue weighted by atomic mass is 9.59.